The van der Waals surface area contributed by atoms with Gasteiger partial charge in [-0.2, -0.15) is 26.3 Å². The van der Waals surface area contributed by atoms with Crippen LogP contribution in [0.5, 0.6) is 5.75 Å². The fourth-order valence-electron chi connectivity index (χ4n) is 1.31. The second kappa shape index (κ2) is 6.16. The van der Waals surface area contributed by atoms with E-state index >= 15 is 0 Å². The summed E-state index contributed by atoms with van der Waals surface area (Å²) in [5.74, 6) is -18.8. The van der Waals surface area contributed by atoms with Crippen LogP contribution in [0.3, 0.4) is 0 Å². The number of nitro benzene ring substituents is 1. The number of rotatable bonds is 7. The molecule has 1 rings (SSSR count). The van der Waals surface area contributed by atoms with E-state index in [4.69, 9.17) is 0 Å². The van der Waals surface area contributed by atoms with Crippen LogP contribution >= 0.6 is 0 Å². The summed E-state index contributed by atoms with van der Waals surface area (Å²) >= 11 is 0. The van der Waals surface area contributed by atoms with Gasteiger partial charge >= 0.3 is 24.2 Å². The molecule has 0 atom stereocenters. The van der Waals surface area contributed by atoms with Crippen molar-refractivity contribution < 1.29 is 44.8 Å². The summed E-state index contributed by atoms with van der Waals surface area (Å²) in [5.41, 5.74) is -0.473. The smallest absolute Gasteiger partial charge is 0.381 e. The van der Waals surface area contributed by atoms with E-state index in [1.54, 1.807) is 0 Å². The van der Waals surface area contributed by atoms with Gasteiger partial charge in [0.2, 0.25) is 0 Å². The highest BCUT2D eigenvalue weighted by Gasteiger charge is 2.75. The van der Waals surface area contributed by atoms with Crippen LogP contribution in [0.15, 0.2) is 24.3 Å². The fourth-order valence-corrected chi connectivity index (χ4v) is 1.31. The van der Waals surface area contributed by atoms with Gasteiger partial charge in [-0.25, -0.2) is 8.78 Å². The van der Waals surface area contributed by atoms with Crippen molar-refractivity contribution in [2.45, 2.75) is 24.2 Å². The minimum absolute atomic E-state index is 0.473. The highest BCUT2D eigenvalue weighted by Crippen LogP contribution is 2.48. The molecule has 0 heterocycles. The van der Waals surface area contributed by atoms with Gasteiger partial charge in [-0.05, 0) is 12.1 Å². The summed E-state index contributed by atoms with van der Waals surface area (Å²) in [6, 6.07) is 3.05. The SMILES string of the molecule is O=[N+]([O-])c1ccc(OCC(F)(F)C(F)(F)C(F)(F)C(F)F)cc1. The molecule has 0 saturated heterocycles. The summed E-state index contributed by atoms with van der Waals surface area (Å²) in [6.07, 6.45) is -5.01. The van der Waals surface area contributed by atoms with Crippen molar-refractivity contribution >= 4 is 5.69 Å². The number of hydrogen-bond acceptors (Lipinski definition) is 3. The molecule has 1 aromatic carbocycles. The van der Waals surface area contributed by atoms with E-state index in [2.05, 4.69) is 4.74 Å². The summed E-state index contributed by atoms with van der Waals surface area (Å²) < 4.78 is 105. The monoisotopic (exact) mass is 353 g/mol. The van der Waals surface area contributed by atoms with Gasteiger partial charge in [0.1, 0.15) is 5.75 Å². The summed E-state index contributed by atoms with van der Waals surface area (Å²) in [6.45, 7) is -2.33. The Kier molecular flexibility index (Phi) is 5.07. The minimum Gasteiger partial charge on any atom is -0.487 e. The predicted octanol–water partition coefficient (Wildman–Crippen LogP) is 4.14. The quantitative estimate of drug-likeness (QED) is 0.421. The van der Waals surface area contributed by atoms with Crippen molar-refractivity contribution in [3.05, 3.63) is 34.4 Å². The first-order chi connectivity index (χ1) is 10.3. The maximum Gasteiger partial charge on any atom is 0.381 e. The molecule has 4 nitrogen and oxygen atoms in total. The molecule has 0 aromatic heterocycles. The molecule has 130 valence electrons. The molecule has 0 unspecified atom stereocenters. The van der Waals surface area contributed by atoms with E-state index < -0.39 is 47.2 Å². The average Bonchev–Trinajstić information content (AvgIpc) is 2.45. The van der Waals surface area contributed by atoms with E-state index in [1.165, 1.54) is 0 Å². The Labute approximate surface area is 122 Å². The molecule has 0 radical (unpaired) electrons. The Balaban J connectivity index is 2.88. The Morgan fingerprint density at radius 2 is 1.52 bits per heavy atom. The maximum absolute atomic E-state index is 13.2. The lowest BCUT2D eigenvalue weighted by Crippen LogP contribution is -2.59. The van der Waals surface area contributed by atoms with Gasteiger partial charge in [0.25, 0.3) is 5.69 Å². The molecule has 0 bridgehead atoms. The van der Waals surface area contributed by atoms with Crippen LogP contribution in [-0.2, 0) is 0 Å². The fraction of sp³-hybridized carbons (Fsp3) is 0.455. The Morgan fingerprint density at radius 3 is 1.91 bits per heavy atom. The van der Waals surface area contributed by atoms with Crippen LogP contribution in [0.1, 0.15) is 0 Å². The van der Waals surface area contributed by atoms with Gasteiger partial charge in [0.05, 0.1) is 4.92 Å². The van der Waals surface area contributed by atoms with E-state index in [0.717, 1.165) is 24.3 Å². The minimum atomic E-state index is -6.37. The number of halogens is 8. The summed E-state index contributed by atoms with van der Waals surface area (Å²) in [5, 5.41) is 10.3. The van der Waals surface area contributed by atoms with E-state index in [-0.39, 0.29) is 0 Å². The molecule has 0 amide bonds. The Bertz CT molecular complexity index is 561. The van der Waals surface area contributed by atoms with Gasteiger partial charge in [-0.1, -0.05) is 0 Å². The first kappa shape index (κ1) is 18.9. The lowest BCUT2D eigenvalue weighted by Gasteiger charge is -2.31. The van der Waals surface area contributed by atoms with Crippen molar-refractivity contribution in [3.8, 4) is 5.75 Å². The van der Waals surface area contributed by atoms with Crippen LogP contribution in [-0.4, -0.2) is 35.7 Å². The van der Waals surface area contributed by atoms with E-state index in [0.29, 0.717) is 0 Å². The van der Waals surface area contributed by atoms with Crippen molar-refractivity contribution in [1.29, 1.82) is 0 Å². The van der Waals surface area contributed by atoms with Gasteiger partial charge in [-0.3, -0.25) is 10.1 Å². The van der Waals surface area contributed by atoms with Crippen LogP contribution < -0.4 is 4.74 Å². The Hall–Kier alpha value is -2.14. The molecule has 0 fully saturated rings. The maximum atomic E-state index is 13.2. The second-order valence-electron chi connectivity index (χ2n) is 4.24. The normalized spacial score (nSPS) is 13.3. The zero-order valence-corrected chi connectivity index (χ0v) is 10.8. The van der Waals surface area contributed by atoms with Crippen LogP contribution in [0.2, 0.25) is 0 Å². The predicted molar refractivity (Wildman–Crippen MR) is 59.4 cm³/mol. The summed E-state index contributed by atoms with van der Waals surface area (Å²) in [7, 11) is 0. The average molecular weight is 353 g/mol. The molecule has 0 N–H and O–H groups in total. The number of alkyl halides is 8. The van der Waals surface area contributed by atoms with Crippen molar-refractivity contribution in [2.24, 2.45) is 0 Å². The third-order valence-corrected chi connectivity index (χ3v) is 2.62. The van der Waals surface area contributed by atoms with Gasteiger partial charge < -0.3 is 4.74 Å². The molecule has 0 aliphatic carbocycles. The van der Waals surface area contributed by atoms with Crippen molar-refractivity contribution in [2.75, 3.05) is 6.61 Å². The van der Waals surface area contributed by atoms with E-state index in [1.807, 2.05) is 0 Å². The van der Waals surface area contributed by atoms with Gasteiger partial charge in [0.15, 0.2) is 6.61 Å². The highest BCUT2D eigenvalue weighted by molar-refractivity contribution is 5.36. The number of ether oxygens (including phenoxy) is 1. The molecule has 0 aliphatic heterocycles. The van der Waals surface area contributed by atoms with Crippen LogP contribution in [0.25, 0.3) is 0 Å². The number of nitrogens with zero attached hydrogens (tertiary/aromatic N) is 1. The molecule has 1 aromatic rings. The van der Waals surface area contributed by atoms with E-state index in [9.17, 15) is 45.2 Å². The number of benzene rings is 1. The third kappa shape index (κ3) is 3.62. The second-order valence-corrected chi connectivity index (χ2v) is 4.24. The van der Waals surface area contributed by atoms with Crippen LogP contribution in [0, 0.1) is 10.1 Å². The zero-order valence-electron chi connectivity index (χ0n) is 10.8. The zero-order chi connectivity index (χ0) is 18.1. The molecular weight excluding hydrogens is 346 g/mol. The molecule has 12 heteroatoms. The first-order valence-electron chi connectivity index (χ1n) is 5.62. The van der Waals surface area contributed by atoms with Crippen molar-refractivity contribution in [3.63, 3.8) is 0 Å². The topological polar surface area (TPSA) is 52.4 Å². The number of non-ortho nitro benzene ring substituents is 1. The van der Waals surface area contributed by atoms with Crippen molar-refractivity contribution in [1.82, 2.24) is 0 Å². The Morgan fingerprint density at radius 1 is 1.04 bits per heavy atom. The molecule has 23 heavy (non-hydrogen) atoms. The number of hydrogen-bond donors (Lipinski definition) is 0. The highest BCUT2D eigenvalue weighted by atomic mass is 19.4. The molecule has 0 saturated carbocycles. The van der Waals surface area contributed by atoms with Gasteiger partial charge in [-0.15, -0.1) is 0 Å². The number of nitro groups is 1. The standard InChI is InChI=1S/C11H7F8NO3/c12-8(13)10(16,17)11(18,19)9(14,15)5-23-7-3-1-6(2-4-7)20(21)22/h1-4,8H,5H2. The molecule has 0 spiro atoms. The largest absolute Gasteiger partial charge is 0.487 e. The van der Waals surface area contributed by atoms with Gasteiger partial charge in [0, 0.05) is 12.1 Å². The van der Waals surface area contributed by atoms with Crippen LogP contribution in [0.4, 0.5) is 40.8 Å². The lowest BCUT2D eigenvalue weighted by atomic mass is 10.1. The lowest BCUT2D eigenvalue weighted by molar-refractivity contribution is -0.384. The first-order valence-corrected chi connectivity index (χ1v) is 5.62. The summed E-state index contributed by atoms with van der Waals surface area (Å²) in [4.78, 5) is 9.47. The molecule has 0 aliphatic rings. The molecular formula is C11H7F8NO3. The third-order valence-electron chi connectivity index (χ3n) is 2.62.